The third kappa shape index (κ3) is 4.22. The van der Waals surface area contributed by atoms with Gasteiger partial charge in [0.1, 0.15) is 0 Å². The summed E-state index contributed by atoms with van der Waals surface area (Å²) >= 11 is 2.97. The number of hydrogen-bond acceptors (Lipinski definition) is 5. The van der Waals surface area contributed by atoms with Crippen LogP contribution in [0.1, 0.15) is 12.5 Å². The number of aromatic nitrogens is 2. The Hall–Kier alpha value is -1.60. The van der Waals surface area contributed by atoms with Gasteiger partial charge in [0.15, 0.2) is 4.34 Å². The number of aryl methyl sites for hydroxylation is 1. The van der Waals surface area contributed by atoms with Crippen LogP contribution in [0.15, 0.2) is 28.6 Å². The summed E-state index contributed by atoms with van der Waals surface area (Å²) in [5.41, 5.74) is 1.90. The number of rotatable bonds is 4. The Bertz CT molecular complexity index is 553. The fourth-order valence-electron chi connectivity index (χ4n) is 1.34. The number of nitrogens with zero attached hydrogens (tertiary/aromatic N) is 2. The standard InChI is InChI=1S/C12H14N4OS2/c1-3-18-12-16-15-11(19-12)14-10(17)13-9-6-4-8(2)5-7-9/h4-7H,3H2,1-2H3,(H2,13,14,15,17). The van der Waals surface area contributed by atoms with E-state index in [9.17, 15) is 4.79 Å². The molecule has 7 heteroatoms. The van der Waals surface area contributed by atoms with Crippen molar-refractivity contribution >= 4 is 39.9 Å². The van der Waals surface area contributed by atoms with E-state index in [1.807, 2.05) is 38.1 Å². The summed E-state index contributed by atoms with van der Waals surface area (Å²) in [6, 6.07) is 7.28. The lowest BCUT2D eigenvalue weighted by Crippen LogP contribution is -2.19. The summed E-state index contributed by atoms with van der Waals surface area (Å²) in [6.45, 7) is 4.04. The van der Waals surface area contributed by atoms with Gasteiger partial charge in [-0.1, -0.05) is 47.7 Å². The smallest absolute Gasteiger partial charge is 0.308 e. The van der Waals surface area contributed by atoms with Gasteiger partial charge in [0, 0.05) is 5.69 Å². The molecule has 1 aromatic carbocycles. The van der Waals surface area contributed by atoms with E-state index in [1.54, 1.807) is 11.8 Å². The van der Waals surface area contributed by atoms with E-state index in [1.165, 1.54) is 11.3 Å². The van der Waals surface area contributed by atoms with Crippen LogP contribution >= 0.6 is 23.1 Å². The maximum absolute atomic E-state index is 11.7. The molecule has 0 fully saturated rings. The minimum atomic E-state index is -0.312. The first-order valence-electron chi connectivity index (χ1n) is 5.78. The molecule has 0 aliphatic rings. The second kappa shape index (κ2) is 6.53. The molecule has 0 atom stereocenters. The average Bonchev–Trinajstić information content (AvgIpc) is 2.80. The Kier molecular flexibility index (Phi) is 4.75. The van der Waals surface area contributed by atoms with Gasteiger partial charge in [0.25, 0.3) is 0 Å². The lowest BCUT2D eigenvalue weighted by Gasteiger charge is -2.04. The first-order valence-corrected chi connectivity index (χ1v) is 7.58. The quantitative estimate of drug-likeness (QED) is 0.668. The fourth-order valence-corrected chi connectivity index (χ4v) is 2.98. The number of amides is 2. The van der Waals surface area contributed by atoms with Crippen LogP contribution in [0.3, 0.4) is 0 Å². The molecule has 5 nitrogen and oxygen atoms in total. The van der Waals surface area contributed by atoms with Crippen LogP contribution in [0, 0.1) is 6.92 Å². The van der Waals surface area contributed by atoms with Crippen molar-refractivity contribution < 1.29 is 4.79 Å². The number of urea groups is 1. The molecule has 0 saturated heterocycles. The first kappa shape index (κ1) is 13.8. The minimum absolute atomic E-state index is 0.312. The number of hydrogen-bond donors (Lipinski definition) is 2. The monoisotopic (exact) mass is 294 g/mol. The van der Waals surface area contributed by atoms with Gasteiger partial charge in [-0.15, -0.1) is 10.2 Å². The second-order valence-corrected chi connectivity index (χ2v) is 6.24. The van der Waals surface area contributed by atoms with Crippen molar-refractivity contribution in [3.05, 3.63) is 29.8 Å². The van der Waals surface area contributed by atoms with Gasteiger partial charge in [-0.2, -0.15) is 0 Å². The number of benzene rings is 1. The Balaban J connectivity index is 1.91. The third-order valence-electron chi connectivity index (χ3n) is 2.20. The highest BCUT2D eigenvalue weighted by Crippen LogP contribution is 2.25. The van der Waals surface area contributed by atoms with Crippen LogP contribution in [0.25, 0.3) is 0 Å². The van der Waals surface area contributed by atoms with Gasteiger partial charge in [0.05, 0.1) is 0 Å². The van der Waals surface area contributed by atoms with E-state index in [4.69, 9.17) is 0 Å². The summed E-state index contributed by atoms with van der Waals surface area (Å²) < 4.78 is 0.855. The molecule has 2 aromatic rings. The van der Waals surface area contributed by atoms with Gasteiger partial charge >= 0.3 is 6.03 Å². The van der Waals surface area contributed by atoms with Gasteiger partial charge in [-0.3, -0.25) is 5.32 Å². The highest BCUT2D eigenvalue weighted by molar-refractivity contribution is 8.01. The molecule has 0 aliphatic heterocycles. The topological polar surface area (TPSA) is 66.9 Å². The molecule has 0 saturated carbocycles. The van der Waals surface area contributed by atoms with E-state index in [0.717, 1.165) is 21.3 Å². The normalized spacial score (nSPS) is 10.2. The minimum Gasteiger partial charge on any atom is -0.308 e. The number of carbonyl (C=O) groups is 1. The lowest BCUT2D eigenvalue weighted by atomic mass is 10.2. The number of nitrogens with one attached hydrogen (secondary N) is 2. The molecular formula is C12H14N4OS2. The molecule has 0 unspecified atom stereocenters. The Morgan fingerprint density at radius 3 is 2.68 bits per heavy atom. The van der Waals surface area contributed by atoms with E-state index >= 15 is 0 Å². The average molecular weight is 294 g/mol. The van der Waals surface area contributed by atoms with Crippen molar-refractivity contribution in [1.29, 1.82) is 0 Å². The zero-order valence-electron chi connectivity index (χ0n) is 10.6. The largest absolute Gasteiger partial charge is 0.325 e. The molecule has 2 N–H and O–H groups in total. The van der Waals surface area contributed by atoms with Crippen molar-refractivity contribution in [1.82, 2.24) is 10.2 Å². The van der Waals surface area contributed by atoms with Crippen molar-refractivity contribution in [2.45, 2.75) is 18.2 Å². The predicted molar refractivity (Wildman–Crippen MR) is 80.1 cm³/mol. The van der Waals surface area contributed by atoms with Crippen LogP contribution in [-0.2, 0) is 0 Å². The van der Waals surface area contributed by atoms with E-state index in [0.29, 0.717) is 5.13 Å². The maximum Gasteiger partial charge on any atom is 0.325 e. The Labute approximate surface area is 119 Å². The van der Waals surface area contributed by atoms with Gasteiger partial charge in [0.2, 0.25) is 5.13 Å². The maximum atomic E-state index is 11.7. The summed E-state index contributed by atoms with van der Waals surface area (Å²) in [4.78, 5) is 11.7. The van der Waals surface area contributed by atoms with Gasteiger partial charge < -0.3 is 5.32 Å². The Morgan fingerprint density at radius 1 is 1.26 bits per heavy atom. The van der Waals surface area contributed by atoms with E-state index in [2.05, 4.69) is 20.8 Å². The van der Waals surface area contributed by atoms with Crippen molar-refractivity contribution in [3.8, 4) is 0 Å². The number of carbonyl (C=O) groups excluding carboxylic acids is 1. The predicted octanol–water partition coefficient (Wildman–Crippen LogP) is 3.60. The molecule has 2 amide bonds. The third-order valence-corrected chi connectivity index (χ3v) is 4.06. The molecule has 0 spiro atoms. The molecule has 1 aromatic heterocycles. The Morgan fingerprint density at radius 2 is 2.00 bits per heavy atom. The number of anilines is 2. The van der Waals surface area contributed by atoms with E-state index < -0.39 is 0 Å². The highest BCUT2D eigenvalue weighted by atomic mass is 32.2. The molecule has 2 rings (SSSR count). The molecule has 0 radical (unpaired) electrons. The molecule has 1 heterocycles. The summed E-state index contributed by atoms with van der Waals surface area (Å²) in [5.74, 6) is 0.935. The molecular weight excluding hydrogens is 280 g/mol. The van der Waals surface area contributed by atoms with Crippen LogP contribution in [0.5, 0.6) is 0 Å². The van der Waals surface area contributed by atoms with Crippen molar-refractivity contribution in [3.63, 3.8) is 0 Å². The number of thioether (sulfide) groups is 1. The highest BCUT2D eigenvalue weighted by Gasteiger charge is 2.08. The van der Waals surface area contributed by atoms with Gasteiger partial charge in [-0.05, 0) is 24.8 Å². The van der Waals surface area contributed by atoms with Gasteiger partial charge in [-0.25, -0.2) is 4.79 Å². The first-order chi connectivity index (χ1) is 9.17. The second-order valence-electron chi connectivity index (χ2n) is 3.75. The zero-order valence-corrected chi connectivity index (χ0v) is 12.3. The SMILES string of the molecule is CCSc1nnc(NC(=O)Nc2ccc(C)cc2)s1. The van der Waals surface area contributed by atoms with E-state index in [-0.39, 0.29) is 6.03 Å². The summed E-state index contributed by atoms with van der Waals surface area (Å²) in [6.07, 6.45) is 0. The lowest BCUT2D eigenvalue weighted by molar-refractivity contribution is 0.262. The summed E-state index contributed by atoms with van der Waals surface area (Å²) in [5, 5.41) is 13.8. The summed E-state index contributed by atoms with van der Waals surface area (Å²) in [7, 11) is 0. The van der Waals surface area contributed by atoms with Crippen LogP contribution in [0.2, 0.25) is 0 Å². The molecule has 0 bridgehead atoms. The van der Waals surface area contributed by atoms with Crippen LogP contribution < -0.4 is 10.6 Å². The van der Waals surface area contributed by atoms with Crippen molar-refractivity contribution in [2.24, 2.45) is 0 Å². The van der Waals surface area contributed by atoms with Crippen LogP contribution in [0.4, 0.5) is 15.6 Å². The molecule has 19 heavy (non-hydrogen) atoms. The molecule has 0 aliphatic carbocycles. The van der Waals surface area contributed by atoms with Crippen molar-refractivity contribution in [2.75, 3.05) is 16.4 Å². The zero-order chi connectivity index (χ0) is 13.7. The molecule has 100 valence electrons. The van der Waals surface area contributed by atoms with Crippen LogP contribution in [-0.4, -0.2) is 22.0 Å². The fraction of sp³-hybridized carbons (Fsp3) is 0.250.